The molecule has 0 atom stereocenters. The fourth-order valence-corrected chi connectivity index (χ4v) is 2.12. The normalized spacial score (nSPS) is 10.8. The number of benzene rings is 1. The lowest BCUT2D eigenvalue weighted by Crippen LogP contribution is -2.06. The zero-order chi connectivity index (χ0) is 14.5. The van der Waals surface area contributed by atoms with Gasteiger partial charge in [0.15, 0.2) is 0 Å². The molecule has 4 heteroatoms. The van der Waals surface area contributed by atoms with Gasteiger partial charge < -0.3 is 5.32 Å². The highest BCUT2D eigenvalue weighted by molar-refractivity contribution is 6.17. The summed E-state index contributed by atoms with van der Waals surface area (Å²) in [4.78, 5) is 8.99. The molecule has 2 rings (SSSR count). The molecule has 0 aliphatic rings. The molecule has 1 aromatic heterocycles. The van der Waals surface area contributed by atoms with E-state index in [9.17, 15) is 0 Å². The van der Waals surface area contributed by atoms with Gasteiger partial charge in [-0.05, 0) is 18.1 Å². The smallest absolute Gasteiger partial charge is 0.133 e. The van der Waals surface area contributed by atoms with E-state index in [0.29, 0.717) is 11.8 Å². The maximum Gasteiger partial charge on any atom is 0.133 e. The first kappa shape index (κ1) is 14.8. The van der Waals surface area contributed by atoms with E-state index in [0.717, 1.165) is 29.4 Å². The molecule has 0 fully saturated rings. The van der Waals surface area contributed by atoms with Crippen LogP contribution in [-0.2, 0) is 12.4 Å². The van der Waals surface area contributed by atoms with Crippen LogP contribution in [0.15, 0.2) is 30.3 Å². The van der Waals surface area contributed by atoms with Crippen molar-refractivity contribution in [3.8, 4) is 0 Å². The topological polar surface area (TPSA) is 37.8 Å². The third kappa shape index (κ3) is 3.94. The minimum absolute atomic E-state index is 0.329. The van der Waals surface area contributed by atoms with Crippen molar-refractivity contribution in [2.24, 2.45) is 0 Å². The van der Waals surface area contributed by atoms with Crippen LogP contribution in [0.2, 0.25) is 0 Å². The van der Waals surface area contributed by atoms with Crippen molar-refractivity contribution in [1.29, 1.82) is 0 Å². The van der Waals surface area contributed by atoms with Gasteiger partial charge >= 0.3 is 0 Å². The minimum Gasteiger partial charge on any atom is -0.366 e. The summed E-state index contributed by atoms with van der Waals surface area (Å²) in [5.74, 6) is 2.62. The predicted molar refractivity (Wildman–Crippen MR) is 84.2 cm³/mol. The largest absolute Gasteiger partial charge is 0.366 e. The predicted octanol–water partition coefficient (Wildman–Crippen LogP) is 4.26. The number of halogens is 1. The van der Waals surface area contributed by atoms with Gasteiger partial charge in [-0.3, -0.25) is 0 Å². The first-order chi connectivity index (χ1) is 9.58. The minimum atomic E-state index is 0.329. The Balaban J connectivity index is 2.10. The molecule has 2 aromatic rings. The number of alkyl halides is 1. The van der Waals surface area contributed by atoms with Gasteiger partial charge in [-0.1, -0.05) is 38.1 Å². The molecular formula is C16H20ClN3. The molecule has 20 heavy (non-hydrogen) atoms. The SMILES string of the molecule is Cc1cc(NCc2cccc(CCl)c2)nc(C(C)C)n1. The molecule has 0 amide bonds. The summed E-state index contributed by atoms with van der Waals surface area (Å²) in [6.07, 6.45) is 0. The van der Waals surface area contributed by atoms with Crippen LogP contribution in [0.1, 0.15) is 42.4 Å². The quantitative estimate of drug-likeness (QED) is 0.836. The number of aromatic nitrogens is 2. The number of aryl methyl sites for hydroxylation is 1. The van der Waals surface area contributed by atoms with E-state index < -0.39 is 0 Å². The lowest BCUT2D eigenvalue weighted by atomic mass is 10.1. The van der Waals surface area contributed by atoms with Crippen molar-refractivity contribution in [1.82, 2.24) is 9.97 Å². The van der Waals surface area contributed by atoms with Crippen molar-refractivity contribution in [2.75, 3.05) is 5.32 Å². The molecule has 0 aliphatic heterocycles. The Bertz CT molecular complexity index is 582. The number of nitrogens with one attached hydrogen (secondary N) is 1. The summed E-state index contributed by atoms with van der Waals surface area (Å²) in [5, 5.41) is 3.35. The average molecular weight is 290 g/mol. The van der Waals surface area contributed by atoms with Crippen LogP contribution in [0.3, 0.4) is 0 Å². The highest BCUT2D eigenvalue weighted by Gasteiger charge is 2.06. The maximum atomic E-state index is 5.85. The molecule has 3 nitrogen and oxygen atoms in total. The zero-order valence-electron chi connectivity index (χ0n) is 12.2. The van der Waals surface area contributed by atoms with E-state index in [-0.39, 0.29) is 0 Å². The van der Waals surface area contributed by atoms with E-state index in [1.54, 1.807) is 0 Å². The highest BCUT2D eigenvalue weighted by Crippen LogP contribution is 2.15. The van der Waals surface area contributed by atoms with Gasteiger partial charge in [0, 0.05) is 30.1 Å². The van der Waals surface area contributed by atoms with Crippen LogP contribution in [0.4, 0.5) is 5.82 Å². The first-order valence-electron chi connectivity index (χ1n) is 6.81. The van der Waals surface area contributed by atoms with Crippen LogP contribution < -0.4 is 5.32 Å². The molecule has 0 saturated carbocycles. The second-order valence-electron chi connectivity index (χ2n) is 5.21. The van der Waals surface area contributed by atoms with Crippen LogP contribution in [0.25, 0.3) is 0 Å². The Morgan fingerprint density at radius 2 is 1.90 bits per heavy atom. The first-order valence-corrected chi connectivity index (χ1v) is 7.35. The Hall–Kier alpha value is -1.61. The number of hydrogen-bond donors (Lipinski definition) is 1. The summed E-state index contributed by atoms with van der Waals surface area (Å²) < 4.78 is 0. The third-order valence-electron chi connectivity index (χ3n) is 3.01. The second kappa shape index (κ2) is 6.71. The molecule has 1 N–H and O–H groups in total. The standard InChI is InChI=1S/C16H20ClN3/c1-11(2)16-19-12(3)7-15(20-16)18-10-14-6-4-5-13(8-14)9-17/h4-8,11H,9-10H2,1-3H3,(H,18,19,20). The summed E-state index contributed by atoms with van der Waals surface area (Å²) >= 11 is 5.85. The van der Waals surface area contributed by atoms with Gasteiger partial charge in [0.05, 0.1) is 0 Å². The van der Waals surface area contributed by atoms with E-state index in [1.165, 1.54) is 5.56 Å². The molecule has 0 unspecified atom stereocenters. The zero-order valence-corrected chi connectivity index (χ0v) is 12.9. The summed E-state index contributed by atoms with van der Waals surface area (Å²) in [7, 11) is 0. The Kier molecular flexibility index (Phi) is 4.96. The molecule has 0 radical (unpaired) electrons. The molecule has 1 heterocycles. The number of nitrogens with zero attached hydrogens (tertiary/aromatic N) is 2. The number of rotatable bonds is 5. The lowest BCUT2D eigenvalue weighted by molar-refractivity contribution is 0.766. The van der Waals surface area contributed by atoms with Gasteiger partial charge in [0.1, 0.15) is 11.6 Å². The fraction of sp³-hybridized carbons (Fsp3) is 0.375. The van der Waals surface area contributed by atoms with Crippen LogP contribution in [0, 0.1) is 6.92 Å². The van der Waals surface area contributed by atoms with E-state index >= 15 is 0 Å². The van der Waals surface area contributed by atoms with E-state index in [1.807, 2.05) is 25.1 Å². The van der Waals surface area contributed by atoms with Gasteiger partial charge in [0.25, 0.3) is 0 Å². The van der Waals surface area contributed by atoms with Crippen molar-refractivity contribution in [2.45, 2.75) is 39.1 Å². The Labute approximate surface area is 125 Å². The Morgan fingerprint density at radius 1 is 1.15 bits per heavy atom. The lowest BCUT2D eigenvalue weighted by Gasteiger charge is -2.10. The van der Waals surface area contributed by atoms with Gasteiger partial charge in [-0.2, -0.15) is 0 Å². The van der Waals surface area contributed by atoms with E-state index in [2.05, 4.69) is 41.3 Å². The van der Waals surface area contributed by atoms with Gasteiger partial charge in [-0.15, -0.1) is 11.6 Å². The number of hydrogen-bond acceptors (Lipinski definition) is 3. The summed E-state index contributed by atoms with van der Waals surface area (Å²) in [6.45, 7) is 6.93. The van der Waals surface area contributed by atoms with Crippen molar-refractivity contribution >= 4 is 17.4 Å². The van der Waals surface area contributed by atoms with Crippen LogP contribution >= 0.6 is 11.6 Å². The molecule has 0 saturated heterocycles. The molecule has 0 spiro atoms. The van der Waals surface area contributed by atoms with Crippen molar-refractivity contribution in [3.05, 3.63) is 53.0 Å². The number of anilines is 1. The molecule has 0 aliphatic carbocycles. The van der Waals surface area contributed by atoms with Crippen molar-refractivity contribution < 1.29 is 0 Å². The molecule has 0 bridgehead atoms. The van der Waals surface area contributed by atoms with Gasteiger partial charge in [0.2, 0.25) is 0 Å². The Morgan fingerprint density at radius 3 is 2.60 bits per heavy atom. The monoisotopic (exact) mass is 289 g/mol. The maximum absolute atomic E-state index is 5.85. The molecule has 106 valence electrons. The van der Waals surface area contributed by atoms with Crippen LogP contribution in [0.5, 0.6) is 0 Å². The second-order valence-corrected chi connectivity index (χ2v) is 5.48. The summed E-state index contributed by atoms with van der Waals surface area (Å²) in [6, 6.07) is 10.2. The molecule has 1 aromatic carbocycles. The van der Waals surface area contributed by atoms with Gasteiger partial charge in [-0.25, -0.2) is 9.97 Å². The van der Waals surface area contributed by atoms with E-state index in [4.69, 9.17) is 11.6 Å². The average Bonchev–Trinajstić information content (AvgIpc) is 2.44. The molecular weight excluding hydrogens is 270 g/mol. The third-order valence-corrected chi connectivity index (χ3v) is 3.32. The fourth-order valence-electron chi connectivity index (χ4n) is 1.96. The highest BCUT2D eigenvalue weighted by atomic mass is 35.5. The van der Waals surface area contributed by atoms with Crippen LogP contribution in [-0.4, -0.2) is 9.97 Å². The summed E-state index contributed by atoms with van der Waals surface area (Å²) in [5.41, 5.74) is 3.32. The van der Waals surface area contributed by atoms with Crippen molar-refractivity contribution in [3.63, 3.8) is 0 Å².